The summed E-state index contributed by atoms with van der Waals surface area (Å²) in [7, 11) is 0. The molecule has 1 saturated carbocycles. The summed E-state index contributed by atoms with van der Waals surface area (Å²) >= 11 is 0. The van der Waals surface area contributed by atoms with Crippen LogP contribution in [0.4, 0.5) is 0 Å². The van der Waals surface area contributed by atoms with Gasteiger partial charge in [-0.15, -0.1) is 0 Å². The van der Waals surface area contributed by atoms with Crippen LogP contribution >= 0.6 is 0 Å². The molecule has 69 valence electrons. The van der Waals surface area contributed by atoms with E-state index in [4.69, 9.17) is 5.73 Å². The number of hydrogen-bond acceptors (Lipinski definition) is 1. The minimum atomic E-state index is 0. The molecule has 1 rings (SSSR count). The maximum atomic E-state index is 5.63. The Labute approximate surface area is 327 Å². The molecular weight excluding hydrogens is 886 g/mol. The Hall–Kier alpha value is 9.90. The summed E-state index contributed by atoms with van der Waals surface area (Å²) < 4.78 is 0. The molecule has 2 N–H and O–H groups in total. The van der Waals surface area contributed by atoms with Crippen LogP contribution in [0.3, 0.4) is 0 Å². The van der Waals surface area contributed by atoms with Crippen LogP contribution in [0.5, 0.6) is 0 Å². The van der Waals surface area contributed by atoms with Crippen LogP contribution in [0.25, 0.3) is 0 Å². The first-order chi connectivity index (χ1) is 3.39. The van der Waals surface area contributed by atoms with Gasteiger partial charge in [-0.05, 0) is 12.8 Å². The van der Waals surface area contributed by atoms with Gasteiger partial charge >= 0.3 is 0 Å². The van der Waals surface area contributed by atoms with Crippen molar-refractivity contribution in [2.45, 2.75) is 38.1 Å². The third kappa shape index (κ3) is 39.1. The van der Waals surface area contributed by atoms with Gasteiger partial charge in [0.15, 0.2) is 0 Å². The van der Waals surface area contributed by atoms with E-state index >= 15 is 0 Å². The van der Waals surface area contributed by atoms with Crippen molar-refractivity contribution < 1.29 is 294 Å². The predicted molar refractivity (Wildman–Crippen MR) is 31.1 cm³/mol. The van der Waals surface area contributed by atoms with Crippen molar-refractivity contribution in [1.82, 2.24) is 0 Å². The Kier molecular flexibility index (Phi) is 156. The van der Waals surface area contributed by atoms with Crippen LogP contribution in [-0.2, 0) is 294 Å². The second-order valence-electron chi connectivity index (χ2n) is 2.40. The second-order valence-corrected chi connectivity index (χ2v) is 2.40. The second kappa shape index (κ2) is 44.4. The summed E-state index contributed by atoms with van der Waals surface area (Å²) in [4.78, 5) is 0. The molecule has 0 unspecified atom stereocenters. The van der Waals surface area contributed by atoms with E-state index in [-0.39, 0.29) is 294 Å². The third-order valence-electron chi connectivity index (χ3n) is 1.65. The number of rotatable bonds is 0. The minimum Gasteiger partial charge on any atom is -0.328 e. The molecule has 0 aliphatic heterocycles. The standard InChI is InChI=1S/C6H13N.9Y/c7-6-4-2-1-3-5-6;;;;;;;;;/h6H,1-5,7H2;;;;;;;;;. The Morgan fingerprint density at radius 3 is 0.875 bits per heavy atom. The Balaban J connectivity index is -0.00000000778. The zero-order valence-electron chi connectivity index (χ0n) is 9.89. The zero-order valence-corrected chi connectivity index (χ0v) is 35.4. The maximum absolute atomic E-state index is 5.63. The predicted octanol–water partition coefficient (Wildman–Crippen LogP) is 1.26. The molecule has 0 saturated heterocycles. The molecule has 0 amide bonds. The molecule has 16 heavy (non-hydrogen) atoms. The van der Waals surface area contributed by atoms with Crippen LogP contribution in [0.2, 0.25) is 0 Å². The fourth-order valence-electron chi connectivity index (χ4n) is 1.13. The average Bonchev–Trinajstić information content (AvgIpc) is 1.69. The summed E-state index contributed by atoms with van der Waals surface area (Å²) in [6, 6.07) is 0.536. The quantitative estimate of drug-likeness (QED) is 0.390. The third-order valence-corrected chi connectivity index (χ3v) is 1.65. The van der Waals surface area contributed by atoms with E-state index in [1.54, 1.807) is 0 Å². The fourth-order valence-corrected chi connectivity index (χ4v) is 1.13. The summed E-state index contributed by atoms with van der Waals surface area (Å²) in [5, 5.41) is 0. The Morgan fingerprint density at radius 1 is 0.500 bits per heavy atom. The van der Waals surface area contributed by atoms with Crippen LogP contribution in [0, 0.1) is 0 Å². The molecule has 1 nitrogen and oxygen atoms in total. The van der Waals surface area contributed by atoms with Gasteiger partial charge in [0, 0.05) is 300 Å². The van der Waals surface area contributed by atoms with E-state index in [1.165, 1.54) is 32.1 Å². The molecule has 0 spiro atoms. The molecule has 1 fully saturated rings. The smallest absolute Gasteiger partial charge is 0.00388 e. The van der Waals surface area contributed by atoms with Crippen LogP contribution in [-0.4, -0.2) is 6.04 Å². The van der Waals surface area contributed by atoms with Gasteiger partial charge in [-0.2, -0.15) is 0 Å². The first-order valence-corrected chi connectivity index (χ1v) is 3.15. The van der Waals surface area contributed by atoms with E-state index in [0.29, 0.717) is 6.04 Å². The SMILES string of the molecule is NC1CCCCC1.[Y].[Y].[Y].[Y].[Y].[Y].[Y].[Y].[Y]. The van der Waals surface area contributed by atoms with Crippen molar-refractivity contribution in [3.05, 3.63) is 0 Å². The van der Waals surface area contributed by atoms with Gasteiger partial charge in [-0.25, -0.2) is 0 Å². The van der Waals surface area contributed by atoms with E-state index in [1.807, 2.05) is 0 Å². The number of nitrogens with two attached hydrogens (primary N) is 1. The van der Waals surface area contributed by atoms with E-state index < -0.39 is 0 Å². The molecule has 9 radical (unpaired) electrons. The summed E-state index contributed by atoms with van der Waals surface area (Å²) in [6.07, 6.45) is 6.66. The van der Waals surface area contributed by atoms with Gasteiger partial charge in [-0.3, -0.25) is 0 Å². The van der Waals surface area contributed by atoms with Crippen LogP contribution < -0.4 is 5.73 Å². The van der Waals surface area contributed by atoms with Crippen molar-refractivity contribution >= 4 is 0 Å². The van der Waals surface area contributed by atoms with Gasteiger partial charge in [0.2, 0.25) is 0 Å². The van der Waals surface area contributed by atoms with E-state index in [2.05, 4.69) is 0 Å². The van der Waals surface area contributed by atoms with Crippen molar-refractivity contribution in [3.63, 3.8) is 0 Å². The molecule has 0 aromatic carbocycles. The molecule has 0 heterocycles. The van der Waals surface area contributed by atoms with Gasteiger partial charge in [-0.1, -0.05) is 19.3 Å². The van der Waals surface area contributed by atoms with Crippen molar-refractivity contribution in [2.75, 3.05) is 0 Å². The molecular formula is C6H13NY9. The molecule has 0 aromatic rings. The monoisotopic (exact) mass is 899 g/mol. The maximum Gasteiger partial charge on any atom is 0.00388 e. The number of hydrogen-bond donors (Lipinski definition) is 1. The Morgan fingerprint density at radius 2 is 0.750 bits per heavy atom. The first-order valence-electron chi connectivity index (χ1n) is 3.15. The van der Waals surface area contributed by atoms with E-state index in [0.717, 1.165) is 0 Å². The molecule has 10 heteroatoms. The van der Waals surface area contributed by atoms with Crippen molar-refractivity contribution in [2.24, 2.45) is 5.73 Å². The van der Waals surface area contributed by atoms with Crippen molar-refractivity contribution in [1.29, 1.82) is 0 Å². The summed E-state index contributed by atoms with van der Waals surface area (Å²) in [5.74, 6) is 0. The van der Waals surface area contributed by atoms with Gasteiger partial charge in [0.25, 0.3) is 0 Å². The van der Waals surface area contributed by atoms with Crippen molar-refractivity contribution in [3.8, 4) is 0 Å². The molecule has 1 aliphatic rings. The zero-order chi connectivity index (χ0) is 5.11. The minimum absolute atomic E-state index is 0. The first kappa shape index (κ1) is 56.2. The van der Waals surface area contributed by atoms with Gasteiger partial charge < -0.3 is 5.73 Å². The van der Waals surface area contributed by atoms with Gasteiger partial charge in [0.05, 0.1) is 0 Å². The molecule has 0 aromatic heterocycles. The van der Waals surface area contributed by atoms with Gasteiger partial charge in [0.1, 0.15) is 0 Å². The molecule has 1 aliphatic carbocycles. The van der Waals surface area contributed by atoms with Crippen LogP contribution in [0.1, 0.15) is 32.1 Å². The normalized spacial score (nSPS) is 11.1. The Bertz CT molecular complexity index is 62.0. The molecule has 0 bridgehead atoms. The largest absolute Gasteiger partial charge is 0.328 e. The topological polar surface area (TPSA) is 26.0 Å². The van der Waals surface area contributed by atoms with E-state index in [9.17, 15) is 0 Å². The summed E-state index contributed by atoms with van der Waals surface area (Å²) in [5.41, 5.74) is 5.63. The summed E-state index contributed by atoms with van der Waals surface area (Å²) in [6.45, 7) is 0. The fraction of sp³-hybridized carbons (Fsp3) is 1.00. The van der Waals surface area contributed by atoms with Crippen LogP contribution in [0.15, 0.2) is 0 Å². The molecule has 0 atom stereocenters. The average molecular weight is 899 g/mol.